The number of carbonyl (C=O) groups is 2. The van der Waals surface area contributed by atoms with Crippen LogP contribution in [-0.4, -0.2) is 27.2 Å². The summed E-state index contributed by atoms with van der Waals surface area (Å²) in [5.74, 6) is -5.75. The normalized spacial score (nSPS) is 18.5. The Kier molecular flexibility index (Phi) is 7.48. The van der Waals surface area contributed by atoms with E-state index in [0.29, 0.717) is 22.8 Å². The summed E-state index contributed by atoms with van der Waals surface area (Å²) in [5.41, 5.74) is 0.855. The van der Waals surface area contributed by atoms with Gasteiger partial charge in [-0.3, -0.25) is 9.59 Å². The maximum atomic E-state index is 13.8. The van der Waals surface area contributed by atoms with Gasteiger partial charge >= 0.3 is 23.8 Å². The summed E-state index contributed by atoms with van der Waals surface area (Å²) in [6, 6.07) is 5.63. The molecule has 1 heterocycles. The molecule has 1 aliphatic carbocycles. The highest BCUT2D eigenvalue weighted by Gasteiger charge is 2.30. The highest BCUT2D eigenvalue weighted by atomic mass is 35.5. The summed E-state index contributed by atoms with van der Waals surface area (Å²) in [6.07, 6.45) is 3.25. The third kappa shape index (κ3) is 5.62. The second-order valence-corrected chi connectivity index (χ2v) is 9.12. The van der Waals surface area contributed by atoms with E-state index < -0.39 is 46.9 Å². The second kappa shape index (κ2) is 10.6. The lowest BCUT2D eigenvalue weighted by Gasteiger charge is -2.31. The number of hydrogen-bond donors (Lipinski definition) is 3. The van der Waals surface area contributed by atoms with Gasteiger partial charge in [0.05, 0.1) is 11.6 Å². The molecule has 1 amide bonds. The lowest BCUT2D eigenvalue weighted by atomic mass is 9.74. The van der Waals surface area contributed by atoms with Crippen LogP contribution in [0.15, 0.2) is 34.7 Å². The Morgan fingerprint density at radius 2 is 1.75 bits per heavy atom. The zero-order valence-electron chi connectivity index (χ0n) is 19.0. The fraction of sp³-hybridized carbons (Fsp3) is 0.333. The van der Waals surface area contributed by atoms with Gasteiger partial charge in [-0.05, 0) is 55.2 Å². The number of hydrogen-bond acceptors (Lipinski definition) is 6. The Balaban J connectivity index is 1.38. The van der Waals surface area contributed by atoms with E-state index in [4.69, 9.17) is 16.0 Å². The number of nitrogens with zero attached hydrogens (tertiary/aromatic N) is 2. The Morgan fingerprint density at radius 3 is 2.42 bits per heavy atom. The molecular formula is C24H22ClF3N4O4. The molecule has 0 saturated heterocycles. The van der Waals surface area contributed by atoms with Crippen LogP contribution in [0.1, 0.15) is 54.8 Å². The van der Waals surface area contributed by atoms with E-state index >= 15 is 0 Å². The van der Waals surface area contributed by atoms with Gasteiger partial charge in [-0.25, -0.2) is 13.2 Å². The molecule has 0 bridgehead atoms. The summed E-state index contributed by atoms with van der Waals surface area (Å²) in [5, 5.41) is 21.7. The van der Waals surface area contributed by atoms with Crippen molar-refractivity contribution in [2.24, 2.45) is 11.8 Å². The first-order chi connectivity index (χ1) is 17.1. The first-order valence-electron chi connectivity index (χ1n) is 11.2. The molecule has 12 heteroatoms. The average molecular weight is 523 g/mol. The van der Waals surface area contributed by atoms with E-state index in [-0.39, 0.29) is 17.8 Å². The summed E-state index contributed by atoms with van der Waals surface area (Å²) < 4.78 is 45.3. The molecule has 0 radical (unpaired) electrons. The summed E-state index contributed by atoms with van der Waals surface area (Å²) in [4.78, 5) is 23.7. The largest absolute Gasteiger partial charge is 0.481 e. The van der Waals surface area contributed by atoms with Crippen molar-refractivity contribution in [3.05, 3.63) is 64.3 Å². The van der Waals surface area contributed by atoms with Crippen molar-refractivity contribution >= 4 is 40.9 Å². The lowest BCUT2D eigenvalue weighted by molar-refractivity contribution is -0.143. The molecule has 1 atom stereocenters. The fourth-order valence-electron chi connectivity index (χ4n) is 4.35. The van der Waals surface area contributed by atoms with E-state index in [9.17, 15) is 27.9 Å². The maximum absolute atomic E-state index is 13.8. The van der Waals surface area contributed by atoms with E-state index in [0.717, 1.165) is 31.2 Å². The molecule has 0 aliphatic heterocycles. The van der Waals surface area contributed by atoms with Gasteiger partial charge in [0.1, 0.15) is 5.82 Å². The minimum Gasteiger partial charge on any atom is -0.481 e. The van der Waals surface area contributed by atoms with Crippen LogP contribution in [0.25, 0.3) is 0 Å². The number of anilines is 3. The zero-order valence-corrected chi connectivity index (χ0v) is 19.8. The standard InChI is InChI=1S/C24H22ClF3N4O4/c1-11(23(34)35)12-2-4-13(5-3-12)15-7-6-14(8-16(15)25)29-21(33)22-31-32-24(36-22)30-20-10-18(27)17(26)9-19(20)28/h6-13H,2-5H2,1H3,(H,29,33)(H,30,32)(H,34,35)/t11?,12-,13-. The van der Waals surface area contributed by atoms with Gasteiger partial charge in [-0.2, -0.15) is 0 Å². The van der Waals surface area contributed by atoms with Crippen molar-refractivity contribution in [2.75, 3.05) is 10.6 Å². The number of aromatic nitrogens is 2. The van der Waals surface area contributed by atoms with Crippen molar-refractivity contribution < 1.29 is 32.3 Å². The van der Waals surface area contributed by atoms with Crippen LogP contribution < -0.4 is 10.6 Å². The molecule has 4 rings (SSSR count). The number of rotatable bonds is 7. The lowest BCUT2D eigenvalue weighted by Crippen LogP contribution is -2.25. The SMILES string of the molecule is CC(C(=O)O)[C@H]1CC[C@H](c2ccc(NC(=O)c3nnc(Nc4cc(F)c(F)cc4F)o3)cc2Cl)CC1. The number of halogens is 4. The van der Waals surface area contributed by atoms with Crippen molar-refractivity contribution in [3.8, 4) is 0 Å². The molecule has 0 spiro atoms. The maximum Gasteiger partial charge on any atom is 0.320 e. The smallest absolute Gasteiger partial charge is 0.320 e. The van der Waals surface area contributed by atoms with Gasteiger partial charge in [-0.1, -0.05) is 29.7 Å². The molecule has 2 aromatic carbocycles. The number of amides is 1. The molecule has 1 saturated carbocycles. The van der Waals surface area contributed by atoms with Gasteiger partial charge in [0.15, 0.2) is 11.6 Å². The molecule has 8 nitrogen and oxygen atoms in total. The molecular weight excluding hydrogens is 501 g/mol. The number of carboxylic acids is 1. The molecule has 1 aliphatic rings. The minimum absolute atomic E-state index is 0.142. The van der Waals surface area contributed by atoms with Gasteiger partial charge in [0.25, 0.3) is 0 Å². The van der Waals surface area contributed by atoms with Crippen LogP contribution in [0, 0.1) is 29.3 Å². The van der Waals surface area contributed by atoms with E-state index in [2.05, 4.69) is 20.8 Å². The molecule has 3 N–H and O–H groups in total. The molecule has 3 aromatic rings. The van der Waals surface area contributed by atoms with Crippen molar-refractivity contribution in [3.63, 3.8) is 0 Å². The van der Waals surface area contributed by atoms with Gasteiger partial charge in [0.2, 0.25) is 0 Å². The monoisotopic (exact) mass is 522 g/mol. The molecule has 1 aromatic heterocycles. The molecule has 1 fully saturated rings. The number of benzene rings is 2. The third-order valence-corrected chi connectivity index (χ3v) is 6.76. The molecule has 190 valence electrons. The van der Waals surface area contributed by atoms with Crippen LogP contribution in [0.5, 0.6) is 0 Å². The topological polar surface area (TPSA) is 117 Å². The van der Waals surface area contributed by atoms with Gasteiger partial charge in [0, 0.05) is 22.8 Å². The first kappa shape index (κ1) is 25.5. The molecule has 36 heavy (non-hydrogen) atoms. The molecule has 1 unspecified atom stereocenters. The van der Waals surface area contributed by atoms with Crippen LogP contribution in [0.3, 0.4) is 0 Å². The van der Waals surface area contributed by atoms with Crippen LogP contribution in [-0.2, 0) is 4.79 Å². The van der Waals surface area contributed by atoms with Crippen molar-refractivity contribution in [1.82, 2.24) is 10.2 Å². The summed E-state index contributed by atoms with van der Waals surface area (Å²) in [7, 11) is 0. The highest BCUT2D eigenvalue weighted by molar-refractivity contribution is 6.31. The van der Waals surface area contributed by atoms with Gasteiger partial charge in [-0.15, -0.1) is 5.10 Å². The Hall–Kier alpha value is -3.60. The van der Waals surface area contributed by atoms with Crippen LogP contribution in [0.4, 0.5) is 30.6 Å². The predicted octanol–water partition coefficient (Wildman–Crippen LogP) is 6.13. The number of aliphatic carboxylic acids is 1. The van der Waals surface area contributed by atoms with Crippen LogP contribution >= 0.6 is 11.6 Å². The fourth-order valence-corrected chi connectivity index (χ4v) is 4.69. The second-order valence-electron chi connectivity index (χ2n) is 8.71. The number of carboxylic acid groups (broad SMARTS) is 1. The Bertz CT molecular complexity index is 1290. The summed E-state index contributed by atoms with van der Waals surface area (Å²) in [6.45, 7) is 1.74. The predicted molar refractivity (Wildman–Crippen MR) is 125 cm³/mol. The highest BCUT2D eigenvalue weighted by Crippen LogP contribution is 2.41. The minimum atomic E-state index is -1.35. The van der Waals surface area contributed by atoms with Crippen LogP contribution in [0.2, 0.25) is 5.02 Å². The Labute approximate surface area is 208 Å². The Morgan fingerprint density at radius 1 is 1.06 bits per heavy atom. The third-order valence-electron chi connectivity index (χ3n) is 6.44. The number of nitrogens with one attached hydrogen (secondary N) is 2. The quantitative estimate of drug-likeness (QED) is 0.319. The van der Waals surface area contributed by atoms with E-state index in [1.807, 2.05) is 6.07 Å². The zero-order chi connectivity index (χ0) is 26.0. The van der Waals surface area contributed by atoms with E-state index in [1.165, 1.54) is 0 Å². The average Bonchev–Trinajstić information content (AvgIpc) is 3.31. The van der Waals surface area contributed by atoms with Crippen molar-refractivity contribution in [2.45, 2.75) is 38.5 Å². The first-order valence-corrected chi connectivity index (χ1v) is 11.6. The van der Waals surface area contributed by atoms with E-state index in [1.54, 1.807) is 19.1 Å². The number of carbonyl (C=O) groups excluding carboxylic acids is 1. The van der Waals surface area contributed by atoms with Crippen molar-refractivity contribution in [1.29, 1.82) is 0 Å². The summed E-state index contributed by atoms with van der Waals surface area (Å²) >= 11 is 6.48. The van der Waals surface area contributed by atoms with Gasteiger partial charge < -0.3 is 20.2 Å².